The van der Waals surface area contributed by atoms with E-state index in [0.29, 0.717) is 24.8 Å². The molecule has 9 heteroatoms. The van der Waals surface area contributed by atoms with Crippen LogP contribution in [0.4, 0.5) is 26.3 Å². The Balaban J connectivity index is 2.03. The van der Waals surface area contributed by atoms with Crippen molar-refractivity contribution in [3.05, 3.63) is 36.1 Å². The molecule has 1 heterocycles. The quantitative estimate of drug-likeness (QED) is 0.416. The maximum Gasteiger partial charge on any atom is 0.424 e. The standard InChI is InChI=1S/C18H20F6O3/c1-2-3-11-4-5-15(26-10-11)18(23,24)27-12-8-13(19)17(14(20)9-12)25-7-6-16(21)22/h6-9,11,15-16H,2-5,10H2,1H3/b7-6+. The molecule has 2 atom stereocenters. The molecular weight excluding hydrogens is 378 g/mol. The fourth-order valence-electron chi connectivity index (χ4n) is 2.80. The van der Waals surface area contributed by atoms with Gasteiger partial charge in [-0.2, -0.15) is 8.78 Å². The summed E-state index contributed by atoms with van der Waals surface area (Å²) in [5.74, 6) is -4.30. The molecule has 0 N–H and O–H groups in total. The average Bonchev–Trinajstić information content (AvgIpc) is 2.57. The van der Waals surface area contributed by atoms with Gasteiger partial charge in [0.1, 0.15) is 5.75 Å². The highest BCUT2D eigenvalue weighted by atomic mass is 19.3. The topological polar surface area (TPSA) is 27.7 Å². The minimum Gasteiger partial charge on any atom is -0.459 e. The SMILES string of the molecule is CCCC1CCC(C(F)(F)Oc2cc(F)c(O/C=C/C(F)F)c(F)c2)OC1. The van der Waals surface area contributed by atoms with Gasteiger partial charge < -0.3 is 14.2 Å². The number of rotatable bonds is 8. The molecule has 152 valence electrons. The maximum atomic E-state index is 14.2. The monoisotopic (exact) mass is 398 g/mol. The van der Waals surface area contributed by atoms with E-state index >= 15 is 0 Å². The number of alkyl halides is 4. The van der Waals surface area contributed by atoms with Gasteiger partial charge in [0.05, 0.1) is 12.9 Å². The Morgan fingerprint density at radius 3 is 2.41 bits per heavy atom. The molecule has 1 fully saturated rings. The van der Waals surface area contributed by atoms with E-state index in [-0.39, 0.29) is 25.0 Å². The third-order valence-corrected chi connectivity index (χ3v) is 4.08. The highest BCUT2D eigenvalue weighted by Crippen LogP contribution is 2.36. The first kappa shape index (κ1) is 21.4. The lowest BCUT2D eigenvalue weighted by molar-refractivity contribution is -0.265. The van der Waals surface area contributed by atoms with Gasteiger partial charge in [0, 0.05) is 18.2 Å². The van der Waals surface area contributed by atoms with Gasteiger partial charge in [-0.3, -0.25) is 0 Å². The summed E-state index contributed by atoms with van der Waals surface area (Å²) in [5, 5.41) is 0. The van der Waals surface area contributed by atoms with Crippen LogP contribution in [-0.2, 0) is 4.74 Å². The Kier molecular flexibility index (Phi) is 7.41. The molecule has 1 aromatic carbocycles. The lowest BCUT2D eigenvalue weighted by Crippen LogP contribution is -2.44. The molecule has 0 aromatic heterocycles. The third-order valence-electron chi connectivity index (χ3n) is 4.08. The van der Waals surface area contributed by atoms with E-state index in [1.165, 1.54) is 0 Å². The Bertz CT molecular complexity index is 619. The predicted molar refractivity (Wildman–Crippen MR) is 85.1 cm³/mol. The zero-order valence-corrected chi connectivity index (χ0v) is 14.6. The van der Waals surface area contributed by atoms with Gasteiger partial charge >= 0.3 is 6.11 Å². The summed E-state index contributed by atoms with van der Waals surface area (Å²) in [6.07, 6.45) is -5.11. The van der Waals surface area contributed by atoms with Crippen LogP contribution in [0.15, 0.2) is 24.5 Å². The number of hydrogen-bond acceptors (Lipinski definition) is 3. The molecule has 0 spiro atoms. The zero-order chi connectivity index (χ0) is 20.0. The second kappa shape index (κ2) is 9.34. The molecule has 1 aromatic rings. The molecule has 0 saturated carbocycles. The molecule has 1 aliphatic rings. The second-order valence-corrected chi connectivity index (χ2v) is 6.21. The normalized spacial score (nSPS) is 21.0. The number of halogens is 6. The van der Waals surface area contributed by atoms with Gasteiger partial charge in [-0.05, 0) is 25.2 Å². The summed E-state index contributed by atoms with van der Waals surface area (Å²) in [4.78, 5) is 0. The summed E-state index contributed by atoms with van der Waals surface area (Å²) in [7, 11) is 0. The summed E-state index contributed by atoms with van der Waals surface area (Å²) < 4.78 is 94.2. The van der Waals surface area contributed by atoms with Crippen LogP contribution in [0.5, 0.6) is 11.5 Å². The lowest BCUT2D eigenvalue weighted by Gasteiger charge is -2.33. The van der Waals surface area contributed by atoms with E-state index in [2.05, 4.69) is 9.47 Å². The van der Waals surface area contributed by atoms with Gasteiger partial charge in [-0.15, -0.1) is 0 Å². The third kappa shape index (κ3) is 6.05. The van der Waals surface area contributed by atoms with Gasteiger partial charge in [0.25, 0.3) is 6.43 Å². The van der Waals surface area contributed by atoms with Crippen LogP contribution in [-0.4, -0.2) is 25.2 Å². The second-order valence-electron chi connectivity index (χ2n) is 6.21. The summed E-state index contributed by atoms with van der Waals surface area (Å²) in [6, 6.07) is 0.983. The van der Waals surface area contributed by atoms with Crippen molar-refractivity contribution in [2.45, 2.75) is 51.2 Å². The molecule has 0 radical (unpaired) electrons. The van der Waals surface area contributed by atoms with Gasteiger partial charge in [0.2, 0.25) is 0 Å². The first-order valence-electron chi connectivity index (χ1n) is 8.51. The van der Waals surface area contributed by atoms with Crippen LogP contribution in [0.1, 0.15) is 32.6 Å². The Morgan fingerprint density at radius 1 is 1.22 bits per heavy atom. The summed E-state index contributed by atoms with van der Waals surface area (Å²) in [5.41, 5.74) is 0. The molecule has 1 aliphatic heterocycles. The van der Waals surface area contributed by atoms with E-state index < -0.39 is 41.8 Å². The molecule has 27 heavy (non-hydrogen) atoms. The van der Waals surface area contributed by atoms with E-state index in [0.717, 1.165) is 12.8 Å². The fraction of sp³-hybridized carbons (Fsp3) is 0.556. The van der Waals surface area contributed by atoms with E-state index in [9.17, 15) is 26.3 Å². The highest BCUT2D eigenvalue weighted by Gasteiger charge is 2.45. The van der Waals surface area contributed by atoms with Crippen molar-refractivity contribution in [2.75, 3.05) is 6.61 Å². The van der Waals surface area contributed by atoms with Crippen LogP contribution in [0.25, 0.3) is 0 Å². The molecular formula is C18H20F6O3. The largest absolute Gasteiger partial charge is 0.459 e. The Morgan fingerprint density at radius 2 is 1.89 bits per heavy atom. The molecule has 2 unspecified atom stereocenters. The fourth-order valence-corrected chi connectivity index (χ4v) is 2.80. The van der Waals surface area contributed by atoms with Crippen molar-refractivity contribution in [3.8, 4) is 11.5 Å². The zero-order valence-electron chi connectivity index (χ0n) is 14.6. The maximum absolute atomic E-state index is 14.2. The average molecular weight is 398 g/mol. The van der Waals surface area contributed by atoms with Crippen LogP contribution in [0.2, 0.25) is 0 Å². The van der Waals surface area contributed by atoms with E-state index in [1.807, 2.05) is 6.92 Å². The van der Waals surface area contributed by atoms with Crippen molar-refractivity contribution in [2.24, 2.45) is 5.92 Å². The molecule has 1 saturated heterocycles. The van der Waals surface area contributed by atoms with Crippen molar-refractivity contribution in [1.82, 2.24) is 0 Å². The predicted octanol–water partition coefficient (Wildman–Crippen LogP) is 5.69. The van der Waals surface area contributed by atoms with Crippen molar-refractivity contribution in [3.63, 3.8) is 0 Å². The van der Waals surface area contributed by atoms with Crippen LogP contribution in [0.3, 0.4) is 0 Å². The van der Waals surface area contributed by atoms with E-state index in [1.54, 1.807) is 0 Å². The lowest BCUT2D eigenvalue weighted by atomic mass is 9.94. The molecule has 0 aliphatic carbocycles. The van der Waals surface area contributed by atoms with Crippen LogP contribution >= 0.6 is 0 Å². The van der Waals surface area contributed by atoms with Gasteiger partial charge in [-0.1, -0.05) is 13.3 Å². The van der Waals surface area contributed by atoms with Crippen LogP contribution < -0.4 is 9.47 Å². The van der Waals surface area contributed by atoms with Gasteiger partial charge in [0.15, 0.2) is 23.5 Å². The molecule has 3 nitrogen and oxygen atoms in total. The summed E-state index contributed by atoms with van der Waals surface area (Å²) >= 11 is 0. The minimum atomic E-state index is -3.78. The summed E-state index contributed by atoms with van der Waals surface area (Å²) in [6.45, 7) is 2.16. The van der Waals surface area contributed by atoms with Gasteiger partial charge in [-0.25, -0.2) is 17.6 Å². The minimum absolute atomic E-state index is 0.0578. The first-order valence-corrected chi connectivity index (χ1v) is 8.51. The van der Waals surface area contributed by atoms with Crippen molar-refractivity contribution >= 4 is 0 Å². The number of hydrogen-bond donors (Lipinski definition) is 0. The smallest absolute Gasteiger partial charge is 0.424 e. The Hall–Kier alpha value is -1.90. The number of benzene rings is 1. The Labute approximate surface area is 152 Å². The number of ether oxygens (including phenoxy) is 3. The number of allylic oxidation sites excluding steroid dienone is 1. The van der Waals surface area contributed by atoms with E-state index in [4.69, 9.17) is 4.74 Å². The molecule has 2 rings (SSSR count). The molecule has 0 amide bonds. The van der Waals surface area contributed by atoms with Crippen LogP contribution in [0, 0.1) is 17.6 Å². The van der Waals surface area contributed by atoms with Crippen molar-refractivity contribution < 1.29 is 40.6 Å². The van der Waals surface area contributed by atoms with Crippen molar-refractivity contribution in [1.29, 1.82) is 0 Å². The molecule has 0 bridgehead atoms. The highest BCUT2D eigenvalue weighted by molar-refractivity contribution is 5.35. The first-order chi connectivity index (χ1) is 12.7.